The fourth-order valence-electron chi connectivity index (χ4n) is 3.89. The third-order valence-electron chi connectivity index (χ3n) is 5.85. The summed E-state index contributed by atoms with van der Waals surface area (Å²) in [5.41, 5.74) is 0.949. The van der Waals surface area contributed by atoms with Crippen LogP contribution in [0.3, 0.4) is 0 Å². The van der Waals surface area contributed by atoms with Crippen LogP contribution in [-0.2, 0) is 27.8 Å². The number of amides is 1. The minimum Gasteiger partial charge on any atom is -0.493 e. The summed E-state index contributed by atoms with van der Waals surface area (Å²) < 4.78 is 44.3. The van der Waals surface area contributed by atoms with Crippen molar-refractivity contribution in [3.05, 3.63) is 76.7 Å². The van der Waals surface area contributed by atoms with Crippen molar-refractivity contribution >= 4 is 27.5 Å². The molecule has 0 saturated heterocycles. The molecule has 0 fully saturated rings. The Labute approximate surface area is 223 Å². The number of methoxy groups -OCH3 is 2. The minimum absolute atomic E-state index is 0.0942. The van der Waals surface area contributed by atoms with Crippen LogP contribution in [0.2, 0.25) is 5.02 Å². The van der Waals surface area contributed by atoms with Gasteiger partial charge in [-0.05, 0) is 73.9 Å². The molecule has 8 nitrogen and oxygen atoms in total. The number of rotatable bonds is 13. The quantitative estimate of drug-likeness (QED) is 0.301. The summed E-state index contributed by atoms with van der Waals surface area (Å²) in [6, 6.07) is 15.2. The Morgan fingerprint density at radius 3 is 2.27 bits per heavy atom. The summed E-state index contributed by atoms with van der Waals surface area (Å²) in [6.45, 7) is 4.21. The highest BCUT2D eigenvalue weighted by molar-refractivity contribution is 7.89. The van der Waals surface area contributed by atoms with Gasteiger partial charge in [0.2, 0.25) is 15.9 Å². The molecule has 37 heavy (non-hydrogen) atoms. The maximum absolute atomic E-state index is 13.5. The van der Waals surface area contributed by atoms with E-state index in [0.717, 1.165) is 11.3 Å². The number of carbonyl (C=O) groups is 1. The summed E-state index contributed by atoms with van der Waals surface area (Å²) >= 11 is 5.94. The molecule has 10 heteroatoms. The number of sulfonamides is 1. The zero-order valence-electron chi connectivity index (χ0n) is 21.6. The van der Waals surface area contributed by atoms with E-state index >= 15 is 0 Å². The van der Waals surface area contributed by atoms with E-state index < -0.39 is 10.0 Å². The molecule has 200 valence electrons. The van der Waals surface area contributed by atoms with Crippen molar-refractivity contribution in [1.29, 1.82) is 0 Å². The van der Waals surface area contributed by atoms with E-state index in [1.807, 2.05) is 44.2 Å². The average Bonchev–Trinajstić information content (AvgIpc) is 3.30. The second-order valence-corrected chi connectivity index (χ2v) is 10.9. The lowest BCUT2D eigenvalue weighted by Crippen LogP contribution is -2.43. The first kappa shape index (κ1) is 28.6. The zero-order chi connectivity index (χ0) is 27.0. The van der Waals surface area contributed by atoms with Crippen molar-refractivity contribution in [3.63, 3.8) is 0 Å². The standard InChI is InChI=1S/C27H33ClN2O6S/c1-5-15-30(37(32,33)24-11-8-22(28)9-12-24)19-27(31)29(18-23-10-6-20(2)36-23)16-14-21-7-13-25(34-3)26(17-21)35-4/h6-13,17H,5,14-16,18-19H2,1-4H3. The van der Waals surface area contributed by atoms with Gasteiger partial charge in [-0.1, -0.05) is 24.6 Å². The molecule has 3 aromatic rings. The minimum atomic E-state index is -3.89. The lowest BCUT2D eigenvalue weighted by atomic mass is 10.1. The number of halogens is 1. The molecule has 0 N–H and O–H groups in total. The number of aryl methyl sites for hydroxylation is 1. The number of hydrogen-bond acceptors (Lipinski definition) is 6. The maximum Gasteiger partial charge on any atom is 0.243 e. The van der Waals surface area contributed by atoms with Gasteiger partial charge in [-0.25, -0.2) is 8.42 Å². The van der Waals surface area contributed by atoms with Crippen LogP contribution in [0.1, 0.15) is 30.4 Å². The first-order valence-corrected chi connectivity index (χ1v) is 13.8. The Morgan fingerprint density at radius 2 is 1.68 bits per heavy atom. The fraction of sp³-hybridized carbons (Fsp3) is 0.370. The first-order valence-electron chi connectivity index (χ1n) is 12.0. The van der Waals surface area contributed by atoms with Crippen LogP contribution < -0.4 is 9.47 Å². The Morgan fingerprint density at radius 1 is 0.973 bits per heavy atom. The smallest absolute Gasteiger partial charge is 0.243 e. The Balaban J connectivity index is 1.82. The molecular formula is C27H33ClN2O6S. The van der Waals surface area contributed by atoms with Gasteiger partial charge in [0.25, 0.3) is 0 Å². The maximum atomic E-state index is 13.5. The molecule has 2 aromatic carbocycles. The highest BCUT2D eigenvalue weighted by Crippen LogP contribution is 2.28. The molecule has 0 spiro atoms. The van der Waals surface area contributed by atoms with E-state index in [4.69, 9.17) is 25.5 Å². The molecule has 0 saturated carbocycles. The molecule has 0 aliphatic heterocycles. The Bertz CT molecular complexity index is 1290. The molecule has 0 unspecified atom stereocenters. The van der Waals surface area contributed by atoms with E-state index in [2.05, 4.69) is 0 Å². The number of nitrogens with zero attached hydrogens (tertiary/aromatic N) is 2. The van der Waals surface area contributed by atoms with Gasteiger partial charge in [-0.3, -0.25) is 4.79 Å². The van der Waals surface area contributed by atoms with Crippen molar-refractivity contribution in [3.8, 4) is 11.5 Å². The van der Waals surface area contributed by atoms with E-state index in [0.29, 0.717) is 41.7 Å². The van der Waals surface area contributed by atoms with E-state index in [1.54, 1.807) is 19.1 Å². The molecule has 0 aliphatic carbocycles. The van der Waals surface area contributed by atoms with Crippen molar-refractivity contribution in [2.24, 2.45) is 0 Å². The second-order valence-electron chi connectivity index (χ2n) is 8.56. The van der Waals surface area contributed by atoms with Crippen molar-refractivity contribution in [1.82, 2.24) is 9.21 Å². The van der Waals surface area contributed by atoms with Gasteiger partial charge >= 0.3 is 0 Å². The normalized spacial score (nSPS) is 11.5. The van der Waals surface area contributed by atoms with Gasteiger partial charge in [0, 0.05) is 18.1 Å². The van der Waals surface area contributed by atoms with E-state index in [1.165, 1.54) is 28.6 Å². The third-order valence-corrected chi connectivity index (χ3v) is 7.96. The van der Waals surface area contributed by atoms with Gasteiger partial charge in [0.15, 0.2) is 11.5 Å². The molecule has 0 radical (unpaired) electrons. The number of ether oxygens (including phenoxy) is 2. The van der Waals surface area contributed by atoms with E-state index in [-0.39, 0.29) is 30.4 Å². The van der Waals surface area contributed by atoms with Crippen molar-refractivity contribution < 1.29 is 27.1 Å². The van der Waals surface area contributed by atoms with Gasteiger partial charge in [-0.15, -0.1) is 0 Å². The topological polar surface area (TPSA) is 89.3 Å². The summed E-state index contributed by atoms with van der Waals surface area (Å²) in [5, 5.41) is 0.437. The molecule has 1 aromatic heterocycles. The van der Waals surface area contributed by atoms with Gasteiger partial charge in [0.1, 0.15) is 11.5 Å². The summed E-state index contributed by atoms with van der Waals surface area (Å²) in [7, 11) is -0.745. The molecule has 0 aliphatic rings. The lowest BCUT2D eigenvalue weighted by Gasteiger charge is -2.27. The Hall–Kier alpha value is -3.01. The van der Waals surface area contributed by atoms with Crippen LogP contribution in [0.25, 0.3) is 0 Å². The molecule has 3 rings (SSSR count). The van der Waals surface area contributed by atoms with Crippen LogP contribution >= 0.6 is 11.6 Å². The number of carbonyl (C=O) groups excluding carboxylic acids is 1. The molecule has 1 amide bonds. The number of furan rings is 1. The molecular weight excluding hydrogens is 516 g/mol. The first-order chi connectivity index (χ1) is 17.7. The molecule has 1 heterocycles. The van der Waals surface area contributed by atoms with Crippen LogP contribution in [0, 0.1) is 6.92 Å². The SMILES string of the molecule is CCCN(CC(=O)N(CCc1ccc(OC)c(OC)c1)Cc1ccc(C)o1)S(=O)(=O)c1ccc(Cl)cc1. The van der Waals surface area contributed by atoms with Crippen LogP contribution in [0.5, 0.6) is 11.5 Å². The zero-order valence-corrected chi connectivity index (χ0v) is 23.1. The van der Waals surface area contributed by atoms with Gasteiger partial charge in [0.05, 0.1) is 32.2 Å². The number of benzene rings is 2. The second kappa shape index (κ2) is 13.0. The number of hydrogen-bond donors (Lipinski definition) is 0. The van der Waals surface area contributed by atoms with E-state index in [9.17, 15) is 13.2 Å². The highest BCUT2D eigenvalue weighted by Gasteiger charge is 2.28. The predicted octanol–water partition coefficient (Wildman–Crippen LogP) is 4.93. The largest absolute Gasteiger partial charge is 0.493 e. The van der Waals surface area contributed by atoms with Crippen molar-refractivity contribution in [2.45, 2.75) is 38.1 Å². The molecule has 0 atom stereocenters. The predicted molar refractivity (Wildman–Crippen MR) is 143 cm³/mol. The summed E-state index contributed by atoms with van der Waals surface area (Å²) in [5.74, 6) is 2.26. The molecule has 0 bridgehead atoms. The summed E-state index contributed by atoms with van der Waals surface area (Å²) in [6.07, 6.45) is 1.09. The van der Waals surface area contributed by atoms with Gasteiger partial charge in [-0.2, -0.15) is 4.31 Å². The lowest BCUT2D eigenvalue weighted by molar-refractivity contribution is -0.132. The van der Waals surface area contributed by atoms with Gasteiger partial charge < -0.3 is 18.8 Å². The van der Waals surface area contributed by atoms with Crippen LogP contribution in [0.15, 0.2) is 63.9 Å². The third kappa shape index (κ3) is 7.50. The van der Waals surface area contributed by atoms with Crippen molar-refractivity contribution in [2.75, 3.05) is 33.9 Å². The highest BCUT2D eigenvalue weighted by atomic mass is 35.5. The van der Waals surface area contributed by atoms with Crippen LogP contribution in [-0.4, -0.2) is 57.4 Å². The fourth-order valence-corrected chi connectivity index (χ4v) is 5.50. The average molecular weight is 549 g/mol. The summed E-state index contributed by atoms with van der Waals surface area (Å²) in [4.78, 5) is 15.2. The monoisotopic (exact) mass is 548 g/mol. The van der Waals surface area contributed by atoms with Crippen LogP contribution in [0.4, 0.5) is 0 Å². The Kier molecular flexibility index (Phi) is 10.0.